The minimum absolute atomic E-state index is 0.0297. The fourth-order valence-electron chi connectivity index (χ4n) is 3.46. The van der Waals surface area contributed by atoms with Crippen molar-refractivity contribution in [2.24, 2.45) is 5.92 Å². The number of nitrogens with zero attached hydrogens (tertiary/aromatic N) is 2. The zero-order valence-corrected chi connectivity index (χ0v) is 22.1. The van der Waals surface area contributed by atoms with E-state index in [1.807, 2.05) is 58.0 Å². The van der Waals surface area contributed by atoms with E-state index < -0.39 is 12.0 Å². The Morgan fingerprint density at radius 3 is 2.53 bits per heavy atom. The number of hydrogen-bond donors (Lipinski definition) is 0. The summed E-state index contributed by atoms with van der Waals surface area (Å²) in [6.45, 7) is 7.85. The van der Waals surface area contributed by atoms with Crippen LogP contribution in [0.2, 0.25) is 5.02 Å². The molecule has 6 nitrogen and oxygen atoms in total. The summed E-state index contributed by atoms with van der Waals surface area (Å²) >= 11 is 12.9. The van der Waals surface area contributed by atoms with Gasteiger partial charge >= 0.3 is 5.97 Å². The first-order valence-electron chi connectivity index (χ1n) is 10.9. The summed E-state index contributed by atoms with van der Waals surface area (Å²) < 4.78 is 10.9. The quantitative estimate of drug-likeness (QED) is 0.242. The molecule has 1 aliphatic rings. The van der Waals surface area contributed by atoms with Crippen LogP contribution in [0.1, 0.15) is 39.7 Å². The first-order valence-corrected chi connectivity index (χ1v) is 12.5. The highest BCUT2D eigenvalue weighted by Gasteiger charge is 2.41. The average Bonchev–Trinajstić information content (AvgIpc) is 3.05. The van der Waals surface area contributed by atoms with E-state index in [4.69, 9.17) is 33.3 Å². The van der Waals surface area contributed by atoms with Crippen LogP contribution in [0.25, 0.3) is 17.3 Å². The number of amides is 1. The maximum atomic E-state index is 13.1. The van der Waals surface area contributed by atoms with E-state index in [1.165, 1.54) is 23.8 Å². The molecule has 34 heavy (non-hydrogen) atoms. The Hall–Kier alpha value is -2.42. The molecular formula is C25H27ClN2O4S2. The number of carbonyl (C=O) groups is 2. The monoisotopic (exact) mass is 518 g/mol. The van der Waals surface area contributed by atoms with Gasteiger partial charge in [-0.1, -0.05) is 55.5 Å². The summed E-state index contributed by atoms with van der Waals surface area (Å²) in [5, 5.41) is 0.516. The van der Waals surface area contributed by atoms with Crippen LogP contribution in [-0.4, -0.2) is 45.3 Å². The van der Waals surface area contributed by atoms with Gasteiger partial charge in [-0.3, -0.25) is 14.7 Å². The van der Waals surface area contributed by atoms with Crippen molar-refractivity contribution in [2.45, 2.75) is 46.3 Å². The van der Waals surface area contributed by atoms with E-state index in [2.05, 4.69) is 4.98 Å². The average molecular weight is 519 g/mol. The van der Waals surface area contributed by atoms with Gasteiger partial charge in [0.05, 0.1) is 28.8 Å². The Labute approximate surface area is 214 Å². The molecule has 1 atom stereocenters. The van der Waals surface area contributed by atoms with Gasteiger partial charge in [0.25, 0.3) is 5.91 Å². The number of ether oxygens (including phenoxy) is 2. The summed E-state index contributed by atoms with van der Waals surface area (Å²) in [6.07, 6.45) is 3.90. The molecule has 0 aliphatic carbocycles. The summed E-state index contributed by atoms with van der Waals surface area (Å²) in [6, 6.07) is 8.53. The number of hydrogen-bond acceptors (Lipinski definition) is 7. The van der Waals surface area contributed by atoms with E-state index in [-0.39, 0.29) is 17.9 Å². The van der Waals surface area contributed by atoms with Crippen LogP contribution in [0.4, 0.5) is 0 Å². The van der Waals surface area contributed by atoms with Crippen LogP contribution in [-0.2, 0) is 14.3 Å². The molecule has 180 valence electrons. The van der Waals surface area contributed by atoms with Gasteiger partial charge in [0.2, 0.25) is 0 Å². The Morgan fingerprint density at radius 2 is 1.97 bits per heavy atom. The van der Waals surface area contributed by atoms with Crippen molar-refractivity contribution in [2.75, 3.05) is 7.11 Å². The molecule has 0 saturated carbocycles. The number of methoxy groups -OCH3 is 1. The van der Waals surface area contributed by atoms with Crippen LogP contribution in [0, 0.1) is 5.92 Å². The second-order valence-electron chi connectivity index (χ2n) is 8.51. The highest BCUT2D eigenvalue weighted by molar-refractivity contribution is 8.26. The normalized spacial score (nSPS) is 16.0. The molecule has 1 saturated heterocycles. The molecule has 2 aromatic rings. The molecule has 3 rings (SSSR count). The highest BCUT2D eigenvalue weighted by atomic mass is 35.5. The van der Waals surface area contributed by atoms with Gasteiger partial charge in [-0.15, -0.1) is 0 Å². The highest BCUT2D eigenvalue weighted by Crippen LogP contribution is 2.36. The lowest BCUT2D eigenvalue weighted by Gasteiger charge is -2.25. The molecular weight excluding hydrogens is 492 g/mol. The molecule has 0 radical (unpaired) electrons. The van der Waals surface area contributed by atoms with Crippen LogP contribution < -0.4 is 4.74 Å². The number of thioether (sulfide) groups is 1. The van der Waals surface area contributed by atoms with Crippen LogP contribution in [0.3, 0.4) is 0 Å². The van der Waals surface area contributed by atoms with Crippen LogP contribution in [0.15, 0.2) is 41.4 Å². The number of rotatable bonds is 8. The Balaban J connectivity index is 1.80. The van der Waals surface area contributed by atoms with Gasteiger partial charge in [-0.25, -0.2) is 4.79 Å². The topological polar surface area (TPSA) is 68.7 Å². The van der Waals surface area contributed by atoms with E-state index >= 15 is 0 Å². The predicted octanol–water partition coefficient (Wildman–Crippen LogP) is 5.98. The fraction of sp³-hybridized carbons (Fsp3) is 0.360. The molecule has 9 heteroatoms. The van der Waals surface area contributed by atoms with Gasteiger partial charge in [0, 0.05) is 11.8 Å². The third-order valence-corrected chi connectivity index (χ3v) is 6.60. The van der Waals surface area contributed by atoms with Crippen molar-refractivity contribution >= 4 is 57.9 Å². The number of thiocarbonyl (C=S) groups is 1. The van der Waals surface area contributed by atoms with Crippen molar-refractivity contribution in [3.8, 4) is 17.0 Å². The second-order valence-corrected chi connectivity index (χ2v) is 10.6. The van der Waals surface area contributed by atoms with Crippen molar-refractivity contribution < 1.29 is 19.1 Å². The lowest BCUT2D eigenvalue weighted by molar-refractivity contribution is -0.149. The van der Waals surface area contributed by atoms with E-state index in [9.17, 15) is 9.59 Å². The minimum atomic E-state index is -0.740. The van der Waals surface area contributed by atoms with Crippen molar-refractivity contribution in [1.82, 2.24) is 9.88 Å². The first-order chi connectivity index (χ1) is 16.1. The third-order valence-electron chi connectivity index (χ3n) is 4.98. The van der Waals surface area contributed by atoms with E-state index in [0.717, 1.165) is 16.8 Å². The number of halogens is 1. The molecule has 0 N–H and O–H groups in total. The fourth-order valence-corrected chi connectivity index (χ4v) is 5.04. The number of pyridine rings is 1. The van der Waals surface area contributed by atoms with E-state index in [1.54, 1.807) is 12.3 Å². The number of benzene rings is 1. The zero-order valence-electron chi connectivity index (χ0n) is 19.7. The molecule has 1 fully saturated rings. The summed E-state index contributed by atoms with van der Waals surface area (Å²) in [5.74, 6) is 0.0409. The molecule has 1 aromatic heterocycles. The first kappa shape index (κ1) is 26.2. The summed E-state index contributed by atoms with van der Waals surface area (Å²) in [5.41, 5.74) is 2.34. The lowest BCUT2D eigenvalue weighted by Crippen LogP contribution is -2.45. The maximum Gasteiger partial charge on any atom is 0.329 e. The summed E-state index contributed by atoms with van der Waals surface area (Å²) in [7, 11) is 1.31. The molecule has 1 aliphatic heterocycles. The standard InChI is InChI=1S/C25H27ClN2O4S2/c1-14(2)10-20(24(30)31-5)28-23(29)22(34-25(28)33)11-16-6-8-19(27-13-16)17-7-9-21(18(26)12-17)32-15(3)4/h6-9,11-15,20H,10H2,1-5H3/b22-11-/t20-/m0/s1. The molecule has 0 unspecified atom stereocenters. The van der Waals surface area contributed by atoms with Gasteiger partial charge in [-0.05, 0) is 62.1 Å². The Morgan fingerprint density at radius 1 is 1.24 bits per heavy atom. The predicted molar refractivity (Wildman–Crippen MR) is 141 cm³/mol. The Bertz CT molecular complexity index is 1120. The number of aromatic nitrogens is 1. The van der Waals surface area contributed by atoms with Gasteiger partial charge in [0.1, 0.15) is 16.1 Å². The summed E-state index contributed by atoms with van der Waals surface area (Å²) in [4.78, 5) is 31.7. The van der Waals surface area contributed by atoms with Crippen molar-refractivity contribution in [3.63, 3.8) is 0 Å². The second kappa shape index (κ2) is 11.3. The van der Waals surface area contributed by atoms with Crippen molar-refractivity contribution in [3.05, 3.63) is 52.0 Å². The van der Waals surface area contributed by atoms with Crippen molar-refractivity contribution in [1.29, 1.82) is 0 Å². The SMILES string of the molecule is COC(=O)[C@H](CC(C)C)N1C(=O)/C(=C/c2ccc(-c3ccc(OC(C)C)c(Cl)c3)nc2)SC1=S. The molecule has 1 aromatic carbocycles. The van der Waals surface area contributed by atoms with E-state index in [0.29, 0.717) is 26.4 Å². The largest absolute Gasteiger partial charge is 0.489 e. The smallest absolute Gasteiger partial charge is 0.329 e. The lowest BCUT2D eigenvalue weighted by atomic mass is 10.0. The minimum Gasteiger partial charge on any atom is -0.489 e. The Kier molecular flexibility index (Phi) is 8.73. The zero-order chi connectivity index (χ0) is 25.0. The molecule has 1 amide bonds. The van der Waals surface area contributed by atoms with Gasteiger partial charge in [-0.2, -0.15) is 0 Å². The molecule has 0 spiro atoms. The maximum absolute atomic E-state index is 13.1. The van der Waals surface area contributed by atoms with Gasteiger partial charge in [0.15, 0.2) is 0 Å². The molecule has 0 bridgehead atoms. The number of carbonyl (C=O) groups excluding carboxylic acids is 2. The molecule has 2 heterocycles. The third kappa shape index (κ3) is 6.17. The van der Waals surface area contributed by atoms with Crippen LogP contribution in [0.5, 0.6) is 5.75 Å². The number of esters is 1. The van der Waals surface area contributed by atoms with Crippen LogP contribution >= 0.6 is 35.6 Å². The van der Waals surface area contributed by atoms with Gasteiger partial charge < -0.3 is 9.47 Å².